The van der Waals surface area contributed by atoms with Crippen LogP contribution in [0.25, 0.3) is 10.4 Å². The van der Waals surface area contributed by atoms with E-state index in [0.717, 1.165) is 0 Å². The smallest absolute Gasteiger partial charge is 0.145 e. The highest BCUT2D eigenvalue weighted by Gasteiger charge is 1.48. The number of nitrogens with zero attached hydrogens (tertiary/aromatic N) is 3. The summed E-state index contributed by atoms with van der Waals surface area (Å²) < 4.78 is 0. The highest BCUT2D eigenvalue weighted by atomic mass is 17.2. The van der Waals surface area contributed by atoms with Crippen LogP contribution in [0.15, 0.2) is 5.28 Å². The molecule has 0 heterocycles. The molecule has 0 aromatic rings. The first kappa shape index (κ1) is 4.07. The van der Waals surface area contributed by atoms with Crippen molar-refractivity contribution in [1.29, 1.82) is 0 Å². The van der Waals surface area contributed by atoms with Gasteiger partial charge in [-0.15, -0.1) is 0 Å². The molecule has 0 aliphatic rings. The molecular weight excluding hydrogens is 74.0 g/mol. The molecule has 0 aromatic heterocycles. The van der Waals surface area contributed by atoms with Crippen LogP contribution in [0, 0.1) is 0 Å². The van der Waals surface area contributed by atoms with Gasteiger partial charge in [0.15, 0.2) is 0 Å². The van der Waals surface area contributed by atoms with Gasteiger partial charge in [0.25, 0.3) is 0 Å². The number of hydrogen-bond acceptors (Lipinski definition) is 3. The van der Waals surface area contributed by atoms with Crippen molar-refractivity contribution in [2.75, 3.05) is 0 Å². The number of hydrogen-bond donors (Lipinski definition) is 1. The van der Waals surface area contributed by atoms with Crippen LogP contribution in [-0.4, -0.2) is 5.26 Å². The molecule has 0 fully saturated rings. The van der Waals surface area contributed by atoms with Crippen molar-refractivity contribution in [3.8, 4) is 0 Å². The summed E-state index contributed by atoms with van der Waals surface area (Å²) in [5.41, 5.74) is 7.24. The summed E-state index contributed by atoms with van der Waals surface area (Å²) in [5, 5.41) is 9.35. The first-order chi connectivity index (χ1) is 2.41. The quantitative estimate of drug-likeness (QED) is 0.164. The SMILES string of the molecule is [N-]=[N+]=NOO. The maximum absolute atomic E-state index is 7.24. The van der Waals surface area contributed by atoms with Gasteiger partial charge in [-0.25, -0.2) is 0 Å². The molecule has 5 heavy (non-hydrogen) atoms. The predicted octanol–water partition coefficient (Wildman–Crippen LogP) is 0.701. The summed E-state index contributed by atoms with van der Waals surface area (Å²) in [6, 6.07) is 0. The summed E-state index contributed by atoms with van der Waals surface area (Å²) in [6.07, 6.45) is 0. The Bertz CT molecular complexity index is 51.9. The molecule has 0 saturated heterocycles. The molecular formula is HN3O2. The van der Waals surface area contributed by atoms with Gasteiger partial charge in [0.2, 0.25) is 0 Å². The van der Waals surface area contributed by atoms with Gasteiger partial charge in [-0.1, -0.05) is 0 Å². The largest absolute Gasteiger partial charge is 0.260 e. The van der Waals surface area contributed by atoms with Crippen LogP contribution in [0.1, 0.15) is 0 Å². The van der Waals surface area contributed by atoms with E-state index in [9.17, 15) is 0 Å². The topological polar surface area (TPSA) is 78.2 Å². The Labute approximate surface area is 27.3 Å². The molecule has 1 N–H and O–H groups in total. The van der Waals surface area contributed by atoms with Gasteiger partial charge in [-0.2, -0.15) is 5.26 Å². The minimum absolute atomic E-state index is 2.01. The van der Waals surface area contributed by atoms with Crippen molar-refractivity contribution in [3.05, 3.63) is 10.4 Å². The lowest BCUT2D eigenvalue weighted by atomic mass is 12.9. The second kappa shape index (κ2) is 3.07. The average Bonchev–Trinajstić information content (AvgIpc) is 1.41. The third-order valence-corrected chi connectivity index (χ3v) is 0.0730. The predicted molar refractivity (Wildman–Crippen MR) is 12.9 cm³/mol. The van der Waals surface area contributed by atoms with Gasteiger partial charge in [-0.3, -0.25) is 4.99 Å². The van der Waals surface area contributed by atoms with Crippen LogP contribution in [0.5, 0.6) is 0 Å². The summed E-state index contributed by atoms with van der Waals surface area (Å²) in [4.78, 5) is 4.91. The molecule has 0 aliphatic carbocycles. The highest BCUT2D eigenvalue weighted by molar-refractivity contribution is 4.26. The van der Waals surface area contributed by atoms with Crippen molar-refractivity contribution in [1.82, 2.24) is 0 Å². The highest BCUT2D eigenvalue weighted by Crippen LogP contribution is 1.60. The standard InChI is InChI=1S/HN3O2/c1-2-3-5-4/h4H. The van der Waals surface area contributed by atoms with Gasteiger partial charge in [-0.05, 0) is 5.53 Å². The molecule has 0 unspecified atom stereocenters. The lowest BCUT2D eigenvalue weighted by Gasteiger charge is -1.65. The Kier molecular flexibility index (Phi) is 2.50. The summed E-state index contributed by atoms with van der Waals surface area (Å²) in [7, 11) is 0. The Morgan fingerprint density at radius 2 is 2.60 bits per heavy atom. The fraction of sp³-hybridized carbons (Fsp3) is 0. The second-order valence-electron chi connectivity index (χ2n) is 0.253. The number of rotatable bonds is 1. The van der Waals surface area contributed by atoms with Crippen LogP contribution in [0.2, 0.25) is 0 Å². The summed E-state index contributed by atoms with van der Waals surface area (Å²) in [6.45, 7) is 0. The van der Waals surface area contributed by atoms with Crippen LogP contribution < -0.4 is 0 Å². The van der Waals surface area contributed by atoms with E-state index in [-0.39, 0.29) is 0 Å². The molecule has 5 nitrogen and oxygen atoms in total. The van der Waals surface area contributed by atoms with Crippen molar-refractivity contribution < 1.29 is 10.2 Å². The van der Waals surface area contributed by atoms with Gasteiger partial charge in [0.1, 0.15) is 5.28 Å². The molecule has 0 amide bonds. The Hall–Kier alpha value is -0.930. The van der Waals surface area contributed by atoms with Crippen LogP contribution >= 0.6 is 0 Å². The Balaban J connectivity index is 2.93. The summed E-state index contributed by atoms with van der Waals surface area (Å²) in [5.74, 6) is 0. The monoisotopic (exact) mass is 75.0 g/mol. The average molecular weight is 75.0 g/mol. The van der Waals surface area contributed by atoms with E-state index in [2.05, 4.69) is 10.3 Å². The Morgan fingerprint density at radius 3 is 2.60 bits per heavy atom. The van der Waals surface area contributed by atoms with Gasteiger partial charge < -0.3 is 0 Å². The van der Waals surface area contributed by atoms with E-state index in [1.807, 2.05) is 4.91 Å². The Morgan fingerprint density at radius 1 is 2.00 bits per heavy atom. The molecule has 5 heteroatoms. The maximum Gasteiger partial charge on any atom is 0.145 e. The fourth-order valence-electron chi connectivity index (χ4n) is 0.0163. The number of azide groups is 1. The van der Waals surface area contributed by atoms with Gasteiger partial charge in [0, 0.05) is 4.91 Å². The molecule has 0 aliphatic heterocycles. The lowest BCUT2D eigenvalue weighted by Crippen LogP contribution is -1.56. The fourth-order valence-corrected chi connectivity index (χ4v) is 0.0163. The van der Waals surface area contributed by atoms with E-state index in [0.29, 0.717) is 0 Å². The van der Waals surface area contributed by atoms with Crippen LogP contribution in [-0.2, 0) is 4.99 Å². The van der Waals surface area contributed by atoms with Crippen LogP contribution in [0.3, 0.4) is 0 Å². The maximum atomic E-state index is 7.24. The van der Waals surface area contributed by atoms with Crippen molar-refractivity contribution in [2.24, 2.45) is 5.28 Å². The normalized spacial score (nSPS) is 5.00. The first-order valence-corrected chi connectivity index (χ1v) is 0.765. The molecule has 0 spiro atoms. The lowest BCUT2D eigenvalue weighted by molar-refractivity contribution is -0.245. The second-order valence-corrected chi connectivity index (χ2v) is 0.253. The van der Waals surface area contributed by atoms with Crippen molar-refractivity contribution in [3.63, 3.8) is 0 Å². The minimum Gasteiger partial charge on any atom is -0.260 e. The van der Waals surface area contributed by atoms with Gasteiger partial charge in [0.05, 0.1) is 0 Å². The minimum atomic E-state index is 2.01. The molecule has 0 bridgehead atoms. The molecule has 0 radical (unpaired) electrons. The molecule has 0 saturated carbocycles. The zero-order chi connectivity index (χ0) is 4.12. The van der Waals surface area contributed by atoms with Crippen LogP contribution in [0.4, 0.5) is 0 Å². The summed E-state index contributed by atoms with van der Waals surface area (Å²) >= 11 is 0. The first-order valence-electron chi connectivity index (χ1n) is 0.765. The van der Waals surface area contributed by atoms with E-state index in [4.69, 9.17) is 10.8 Å². The molecule has 0 atom stereocenters. The molecule has 0 aromatic carbocycles. The van der Waals surface area contributed by atoms with E-state index in [1.165, 1.54) is 0 Å². The van der Waals surface area contributed by atoms with Gasteiger partial charge >= 0.3 is 0 Å². The zero-order valence-electron chi connectivity index (χ0n) is 2.20. The third kappa shape index (κ3) is 3.07. The van der Waals surface area contributed by atoms with Crippen molar-refractivity contribution in [2.45, 2.75) is 0 Å². The zero-order valence-corrected chi connectivity index (χ0v) is 2.20. The third-order valence-electron chi connectivity index (χ3n) is 0.0730. The molecule has 0 rings (SSSR count). The van der Waals surface area contributed by atoms with E-state index in [1.54, 1.807) is 0 Å². The molecule has 28 valence electrons. The van der Waals surface area contributed by atoms with Crippen molar-refractivity contribution >= 4 is 0 Å². The van der Waals surface area contributed by atoms with E-state index >= 15 is 0 Å². The van der Waals surface area contributed by atoms with E-state index < -0.39 is 0 Å².